The molecule has 1 atom stereocenters. The molecule has 2 aromatic carbocycles. The Morgan fingerprint density at radius 1 is 1.12 bits per heavy atom. The first-order valence-corrected chi connectivity index (χ1v) is 7.41. The van der Waals surface area contributed by atoms with Crippen molar-refractivity contribution < 1.29 is 24.2 Å². The number of hydrogen-bond donors (Lipinski definition) is 2. The van der Waals surface area contributed by atoms with Gasteiger partial charge in [0.1, 0.15) is 11.5 Å². The van der Waals surface area contributed by atoms with Crippen LogP contribution < -0.4 is 10.1 Å². The maximum absolute atomic E-state index is 12.1. The zero-order valence-electron chi connectivity index (χ0n) is 13.5. The third-order valence-electron chi connectivity index (χ3n) is 3.33. The lowest BCUT2D eigenvalue weighted by atomic mass is 10.1. The summed E-state index contributed by atoms with van der Waals surface area (Å²) in [5.41, 5.74) is 1.20. The molecule has 6 heteroatoms. The molecule has 0 aliphatic carbocycles. The SMILES string of the molecule is COc1ccccc1NC(=O)[C@H](C)OC(=O)Cc1ccc(O)cc1. The van der Waals surface area contributed by atoms with Gasteiger partial charge in [-0.3, -0.25) is 9.59 Å². The summed E-state index contributed by atoms with van der Waals surface area (Å²) in [6.07, 6.45) is -0.924. The van der Waals surface area contributed by atoms with Gasteiger partial charge in [-0.1, -0.05) is 24.3 Å². The van der Waals surface area contributed by atoms with Crippen molar-refractivity contribution in [1.82, 2.24) is 0 Å². The fourth-order valence-electron chi connectivity index (χ4n) is 2.06. The number of methoxy groups -OCH3 is 1. The number of hydrogen-bond acceptors (Lipinski definition) is 5. The van der Waals surface area contributed by atoms with E-state index in [-0.39, 0.29) is 12.2 Å². The highest BCUT2D eigenvalue weighted by molar-refractivity contribution is 5.96. The molecule has 0 radical (unpaired) electrons. The van der Waals surface area contributed by atoms with Gasteiger partial charge in [0.05, 0.1) is 19.2 Å². The van der Waals surface area contributed by atoms with Gasteiger partial charge in [0, 0.05) is 0 Å². The second-order valence-electron chi connectivity index (χ2n) is 5.16. The van der Waals surface area contributed by atoms with Gasteiger partial charge in [-0.2, -0.15) is 0 Å². The Morgan fingerprint density at radius 2 is 1.79 bits per heavy atom. The van der Waals surface area contributed by atoms with Gasteiger partial charge in [-0.05, 0) is 36.8 Å². The van der Waals surface area contributed by atoms with E-state index in [1.807, 2.05) is 0 Å². The van der Waals surface area contributed by atoms with Gasteiger partial charge in [-0.25, -0.2) is 0 Å². The molecule has 24 heavy (non-hydrogen) atoms. The Balaban J connectivity index is 1.91. The summed E-state index contributed by atoms with van der Waals surface area (Å²) < 4.78 is 10.3. The number of carbonyl (C=O) groups excluding carboxylic acids is 2. The average Bonchev–Trinajstić information content (AvgIpc) is 2.57. The summed E-state index contributed by atoms with van der Waals surface area (Å²) in [4.78, 5) is 24.0. The van der Waals surface area contributed by atoms with E-state index >= 15 is 0 Å². The van der Waals surface area contributed by atoms with Crippen LogP contribution in [0.25, 0.3) is 0 Å². The Labute approximate surface area is 140 Å². The Morgan fingerprint density at radius 3 is 2.46 bits per heavy atom. The van der Waals surface area contributed by atoms with Crippen molar-refractivity contribution in [2.45, 2.75) is 19.4 Å². The third kappa shape index (κ3) is 4.74. The van der Waals surface area contributed by atoms with Crippen molar-refractivity contribution in [3.05, 3.63) is 54.1 Å². The molecular weight excluding hydrogens is 310 g/mol. The minimum atomic E-state index is -0.945. The summed E-state index contributed by atoms with van der Waals surface area (Å²) in [6, 6.07) is 13.2. The number of aromatic hydroxyl groups is 1. The van der Waals surface area contributed by atoms with E-state index in [1.54, 1.807) is 36.4 Å². The van der Waals surface area contributed by atoms with Crippen LogP contribution in [0.15, 0.2) is 48.5 Å². The van der Waals surface area contributed by atoms with Gasteiger partial charge in [0.25, 0.3) is 5.91 Å². The number of amides is 1. The van der Waals surface area contributed by atoms with Gasteiger partial charge in [0.2, 0.25) is 0 Å². The molecule has 0 bridgehead atoms. The maximum Gasteiger partial charge on any atom is 0.311 e. The topological polar surface area (TPSA) is 84.9 Å². The second kappa shape index (κ2) is 8.01. The van der Waals surface area contributed by atoms with Crippen LogP contribution in [0.2, 0.25) is 0 Å². The fraction of sp³-hybridized carbons (Fsp3) is 0.222. The Kier molecular flexibility index (Phi) is 5.78. The predicted molar refractivity (Wildman–Crippen MR) is 89.0 cm³/mol. The minimum Gasteiger partial charge on any atom is -0.508 e. The quantitative estimate of drug-likeness (QED) is 0.796. The van der Waals surface area contributed by atoms with E-state index in [0.717, 1.165) is 0 Å². The molecule has 2 rings (SSSR count). The lowest BCUT2D eigenvalue weighted by Gasteiger charge is -2.15. The van der Waals surface area contributed by atoms with Crippen molar-refractivity contribution in [2.24, 2.45) is 0 Å². The zero-order chi connectivity index (χ0) is 17.5. The van der Waals surface area contributed by atoms with Crippen LogP contribution in [0.1, 0.15) is 12.5 Å². The molecule has 2 aromatic rings. The molecule has 0 unspecified atom stereocenters. The number of rotatable bonds is 6. The largest absolute Gasteiger partial charge is 0.508 e. The van der Waals surface area contributed by atoms with Crippen molar-refractivity contribution in [1.29, 1.82) is 0 Å². The summed E-state index contributed by atoms with van der Waals surface area (Å²) >= 11 is 0. The summed E-state index contributed by atoms with van der Waals surface area (Å²) in [5.74, 6) is -0.327. The number of carbonyl (C=O) groups is 2. The van der Waals surface area contributed by atoms with Crippen LogP contribution in [0.5, 0.6) is 11.5 Å². The van der Waals surface area contributed by atoms with E-state index in [0.29, 0.717) is 17.0 Å². The maximum atomic E-state index is 12.1. The van der Waals surface area contributed by atoms with E-state index in [2.05, 4.69) is 5.32 Å². The number of anilines is 1. The molecule has 0 aliphatic heterocycles. The monoisotopic (exact) mass is 329 g/mol. The molecule has 0 saturated heterocycles. The normalized spacial score (nSPS) is 11.4. The number of ether oxygens (including phenoxy) is 2. The number of benzene rings is 2. The number of nitrogens with one attached hydrogen (secondary N) is 1. The third-order valence-corrected chi connectivity index (χ3v) is 3.33. The van der Waals surface area contributed by atoms with Crippen LogP contribution in [0, 0.1) is 0 Å². The molecule has 126 valence electrons. The molecule has 2 N–H and O–H groups in total. The van der Waals surface area contributed by atoms with Crippen molar-refractivity contribution >= 4 is 17.6 Å². The van der Waals surface area contributed by atoms with Gasteiger partial charge < -0.3 is 19.9 Å². The summed E-state index contributed by atoms with van der Waals surface area (Å²) in [7, 11) is 1.51. The first-order chi connectivity index (χ1) is 11.5. The van der Waals surface area contributed by atoms with E-state index in [9.17, 15) is 14.7 Å². The minimum absolute atomic E-state index is 0.0204. The van der Waals surface area contributed by atoms with Crippen molar-refractivity contribution in [3.63, 3.8) is 0 Å². The lowest BCUT2D eigenvalue weighted by molar-refractivity contribution is -0.152. The molecule has 0 aromatic heterocycles. The molecular formula is C18H19NO5. The lowest BCUT2D eigenvalue weighted by Crippen LogP contribution is -2.30. The fourth-order valence-corrected chi connectivity index (χ4v) is 2.06. The first kappa shape index (κ1) is 17.3. The van der Waals surface area contributed by atoms with E-state index in [1.165, 1.54) is 26.2 Å². The highest BCUT2D eigenvalue weighted by Crippen LogP contribution is 2.23. The molecule has 0 saturated carbocycles. The van der Waals surface area contributed by atoms with Crippen LogP contribution >= 0.6 is 0 Å². The Bertz CT molecular complexity index is 712. The highest BCUT2D eigenvalue weighted by Gasteiger charge is 2.19. The number of esters is 1. The standard InChI is InChI=1S/C18H19NO5/c1-12(18(22)19-15-5-3-4-6-16(15)23-2)24-17(21)11-13-7-9-14(20)10-8-13/h3-10,12,20H,11H2,1-2H3,(H,19,22)/t12-/m0/s1. The smallest absolute Gasteiger partial charge is 0.311 e. The molecule has 0 aliphatic rings. The molecule has 0 heterocycles. The van der Waals surface area contributed by atoms with E-state index < -0.39 is 18.0 Å². The van der Waals surface area contributed by atoms with Crippen molar-refractivity contribution in [3.8, 4) is 11.5 Å². The van der Waals surface area contributed by atoms with Crippen LogP contribution in [0.3, 0.4) is 0 Å². The second-order valence-corrected chi connectivity index (χ2v) is 5.16. The molecule has 0 fully saturated rings. The number of phenolic OH excluding ortho intramolecular Hbond substituents is 1. The molecule has 0 spiro atoms. The number of phenols is 1. The van der Waals surface area contributed by atoms with Gasteiger partial charge >= 0.3 is 5.97 Å². The van der Waals surface area contributed by atoms with Gasteiger partial charge in [0.15, 0.2) is 6.10 Å². The van der Waals surface area contributed by atoms with Crippen LogP contribution in [0.4, 0.5) is 5.69 Å². The average molecular weight is 329 g/mol. The first-order valence-electron chi connectivity index (χ1n) is 7.41. The van der Waals surface area contributed by atoms with Crippen molar-refractivity contribution in [2.75, 3.05) is 12.4 Å². The summed E-state index contributed by atoms with van der Waals surface area (Å²) in [5, 5.41) is 11.9. The van der Waals surface area contributed by atoms with Crippen LogP contribution in [-0.4, -0.2) is 30.2 Å². The van der Waals surface area contributed by atoms with Crippen LogP contribution in [-0.2, 0) is 20.7 Å². The summed E-state index contributed by atoms with van der Waals surface area (Å²) in [6.45, 7) is 1.50. The highest BCUT2D eigenvalue weighted by atomic mass is 16.5. The molecule has 6 nitrogen and oxygen atoms in total. The molecule has 1 amide bonds. The predicted octanol–water partition coefficient (Wildman–Crippen LogP) is 2.51. The Hall–Kier alpha value is -3.02. The number of para-hydroxylation sites is 2. The van der Waals surface area contributed by atoms with E-state index in [4.69, 9.17) is 9.47 Å². The zero-order valence-corrected chi connectivity index (χ0v) is 13.5. The van der Waals surface area contributed by atoms with Gasteiger partial charge in [-0.15, -0.1) is 0 Å².